The Hall–Kier alpha value is -1.55. The van der Waals surface area contributed by atoms with E-state index in [1.807, 2.05) is 0 Å². The standard InChI is InChI=1S/C13H17NO3/c15-10-5-3-4-9(8-10)13(17)14-11-6-1-2-7-12(11)16/h3-5,8,11-12,15-16H,1-2,6-7H2,(H,14,17)/t11-,12-/m0/s1. The molecule has 4 heteroatoms. The van der Waals surface area contributed by atoms with Crippen molar-refractivity contribution in [3.8, 4) is 5.75 Å². The Morgan fingerprint density at radius 1 is 1.29 bits per heavy atom. The molecule has 3 N–H and O–H groups in total. The average molecular weight is 235 g/mol. The quantitative estimate of drug-likeness (QED) is 0.726. The second kappa shape index (κ2) is 5.19. The number of phenols is 1. The van der Waals surface area contributed by atoms with Gasteiger partial charge < -0.3 is 15.5 Å². The minimum Gasteiger partial charge on any atom is -0.508 e. The van der Waals surface area contributed by atoms with Gasteiger partial charge in [0.2, 0.25) is 0 Å². The minimum absolute atomic E-state index is 0.0712. The van der Waals surface area contributed by atoms with Gasteiger partial charge in [-0.05, 0) is 31.0 Å². The van der Waals surface area contributed by atoms with E-state index >= 15 is 0 Å². The van der Waals surface area contributed by atoms with E-state index in [0.29, 0.717) is 5.56 Å². The van der Waals surface area contributed by atoms with Crippen LogP contribution in [0.2, 0.25) is 0 Å². The van der Waals surface area contributed by atoms with Gasteiger partial charge in [-0.3, -0.25) is 4.79 Å². The van der Waals surface area contributed by atoms with Gasteiger partial charge in [0.15, 0.2) is 0 Å². The summed E-state index contributed by atoms with van der Waals surface area (Å²) in [6.07, 6.45) is 3.14. The summed E-state index contributed by atoms with van der Waals surface area (Å²) in [5.41, 5.74) is 0.419. The molecular formula is C13H17NO3. The maximum atomic E-state index is 11.9. The number of nitrogens with one attached hydrogen (secondary N) is 1. The molecule has 0 bridgehead atoms. The van der Waals surface area contributed by atoms with Gasteiger partial charge in [0.1, 0.15) is 5.75 Å². The zero-order chi connectivity index (χ0) is 12.3. The van der Waals surface area contributed by atoms with Gasteiger partial charge in [-0.25, -0.2) is 0 Å². The van der Waals surface area contributed by atoms with Crippen LogP contribution in [0.3, 0.4) is 0 Å². The zero-order valence-corrected chi connectivity index (χ0v) is 9.60. The third-order valence-electron chi connectivity index (χ3n) is 3.15. The second-order valence-electron chi connectivity index (χ2n) is 4.48. The van der Waals surface area contributed by atoms with Crippen molar-refractivity contribution in [1.82, 2.24) is 5.32 Å². The molecule has 2 atom stereocenters. The van der Waals surface area contributed by atoms with Crippen LogP contribution in [0.5, 0.6) is 5.75 Å². The molecule has 0 aliphatic heterocycles. The minimum atomic E-state index is -0.454. The Morgan fingerprint density at radius 3 is 2.76 bits per heavy atom. The van der Waals surface area contributed by atoms with Gasteiger partial charge >= 0.3 is 0 Å². The van der Waals surface area contributed by atoms with E-state index < -0.39 is 6.10 Å². The number of phenolic OH excluding ortho intramolecular Hbond substituents is 1. The molecule has 0 unspecified atom stereocenters. The number of hydrogen-bond acceptors (Lipinski definition) is 3. The molecule has 1 aromatic rings. The van der Waals surface area contributed by atoms with Crippen molar-refractivity contribution in [3.63, 3.8) is 0 Å². The van der Waals surface area contributed by atoms with Crippen LogP contribution < -0.4 is 5.32 Å². The second-order valence-corrected chi connectivity index (χ2v) is 4.48. The summed E-state index contributed by atoms with van der Waals surface area (Å²) in [7, 11) is 0. The molecule has 1 amide bonds. The van der Waals surface area contributed by atoms with Gasteiger partial charge in [0.05, 0.1) is 12.1 Å². The van der Waals surface area contributed by atoms with Crippen LogP contribution in [0.4, 0.5) is 0 Å². The molecule has 0 heterocycles. The zero-order valence-electron chi connectivity index (χ0n) is 9.60. The molecule has 4 nitrogen and oxygen atoms in total. The van der Waals surface area contributed by atoms with Crippen LogP contribution in [-0.4, -0.2) is 28.3 Å². The van der Waals surface area contributed by atoms with E-state index in [1.54, 1.807) is 12.1 Å². The maximum absolute atomic E-state index is 11.9. The molecule has 0 aromatic heterocycles. The summed E-state index contributed by atoms with van der Waals surface area (Å²) >= 11 is 0. The van der Waals surface area contributed by atoms with Crippen LogP contribution in [0, 0.1) is 0 Å². The molecule has 1 aliphatic carbocycles. The van der Waals surface area contributed by atoms with Crippen molar-refractivity contribution in [2.24, 2.45) is 0 Å². The fraction of sp³-hybridized carbons (Fsp3) is 0.462. The van der Waals surface area contributed by atoms with Crippen molar-refractivity contribution in [3.05, 3.63) is 29.8 Å². The first-order chi connectivity index (χ1) is 8.16. The number of amides is 1. The van der Waals surface area contributed by atoms with Gasteiger partial charge in [-0.1, -0.05) is 18.9 Å². The van der Waals surface area contributed by atoms with E-state index in [1.165, 1.54) is 12.1 Å². The lowest BCUT2D eigenvalue weighted by Gasteiger charge is -2.28. The Morgan fingerprint density at radius 2 is 2.06 bits per heavy atom. The normalized spacial score (nSPS) is 24.3. The number of benzene rings is 1. The molecule has 0 saturated heterocycles. The molecule has 1 aromatic carbocycles. The number of aliphatic hydroxyl groups excluding tert-OH is 1. The summed E-state index contributed by atoms with van der Waals surface area (Å²) in [6.45, 7) is 0. The topological polar surface area (TPSA) is 69.6 Å². The summed E-state index contributed by atoms with van der Waals surface area (Å²) in [5, 5.41) is 21.9. The number of rotatable bonds is 2. The predicted molar refractivity (Wildman–Crippen MR) is 63.8 cm³/mol. The van der Waals surface area contributed by atoms with Crippen molar-refractivity contribution in [1.29, 1.82) is 0 Å². The Kier molecular flexibility index (Phi) is 3.64. The highest BCUT2D eigenvalue weighted by Crippen LogP contribution is 2.19. The van der Waals surface area contributed by atoms with Crippen LogP contribution in [0.25, 0.3) is 0 Å². The molecule has 0 radical (unpaired) electrons. The summed E-state index contributed by atoms with van der Waals surface area (Å²) in [4.78, 5) is 11.9. The van der Waals surface area contributed by atoms with Crippen LogP contribution >= 0.6 is 0 Å². The van der Waals surface area contributed by atoms with Crippen molar-refractivity contribution in [2.45, 2.75) is 37.8 Å². The molecule has 17 heavy (non-hydrogen) atoms. The smallest absolute Gasteiger partial charge is 0.251 e. The van der Waals surface area contributed by atoms with Gasteiger partial charge in [-0.2, -0.15) is 0 Å². The van der Waals surface area contributed by atoms with E-state index in [4.69, 9.17) is 0 Å². The van der Waals surface area contributed by atoms with Crippen molar-refractivity contribution < 1.29 is 15.0 Å². The number of carbonyl (C=O) groups excluding carboxylic acids is 1. The SMILES string of the molecule is O=C(N[C@H]1CCCC[C@@H]1O)c1cccc(O)c1. The lowest BCUT2D eigenvalue weighted by Crippen LogP contribution is -2.45. The van der Waals surface area contributed by atoms with Crippen LogP contribution in [0.1, 0.15) is 36.0 Å². The predicted octanol–water partition coefficient (Wildman–Crippen LogP) is 1.43. The van der Waals surface area contributed by atoms with Crippen molar-refractivity contribution in [2.75, 3.05) is 0 Å². The Balaban J connectivity index is 2.01. The number of aromatic hydroxyl groups is 1. The third-order valence-corrected chi connectivity index (χ3v) is 3.15. The fourth-order valence-electron chi connectivity index (χ4n) is 2.18. The largest absolute Gasteiger partial charge is 0.508 e. The fourth-order valence-corrected chi connectivity index (χ4v) is 2.18. The first-order valence-corrected chi connectivity index (χ1v) is 5.95. The first kappa shape index (κ1) is 11.9. The molecule has 1 aliphatic rings. The number of aliphatic hydroxyl groups is 1. The number of hydrogen-bond donors (Lipinski definition) is 3. The van der Waals surface area contributed by atoms with E-state index in [9.17, 15) is 15.0 Å². The number of carbonyl (C=O) groups is 1. The van der Waals surface area contributed by atoms with Crippen LogP contribution in [-0.2, 0) is 0 Å². The lowest BCUT2D eigenvalue weighted by atomic mass is 9.92. The van der Waals surface area contributed by atoms with E-state index in [2.05, 4.69) is 5.32 Å². The van der Waals surface area contributed by atoms with Gasteiger partial charge in [-0.15, -0.1) is 0 Å². The van der Waals surface area contributed by atoms with Gasteiger partial charge in [0.25, 0.3) is 5.91 Å². The van der Waals surface area contributed by atoms with E-state index in [0.717, 1.165) is 25.7 Å². The first-order valence-electron chi connectivity index (χ1n) is 5.95. The van der Waals surface area contributed by atoms with Crippen molar-refractivity contribution >= 4 is 5.91 Å². The lowest BCUT2D eigenvalue weighted by molar-refractivity contribution is 0.0717. The summed E-state index contributed by atoms with van der Waals surface area (Å²) in [6, 6.07) is 6.04. The molecule has 1 fully saturated rings. The van der Waals surface area contributed by atoms with Crippen LogP contribution in [0.15, 0.2) is 24.3 Å². The molecule has 1 saturated carbocycles. The molecule has 2 rings (SSSR count). The van der Waals surface area contributed by atoms with E-state index in [-0.39, 0.29) is 17.7 Å². The Labute approximate surface area is 100 Å². The highest BCUT2D eigenvalue weighted by Gasteiger charge is 2.24. The average Bonchev–Trinajstić information content (AvgIpc) is 2.32. The highest BCUT2D eigenvalue weighted by molar-refractivity contribution is 5.94. The highest BCUT2D eigenvalue weighted by atomic mass is 16.3. The Bertz CT molecular complexity index is 405. The van der Waals surface area contributed by atoms with Gasteiger partial charge in [0, 0.05) is 5.56 Å². The molecular weight excluding hydrogens is 218 g/mol. The summed E-state index contributed by atoms with van der Waals surface area (Å²) in [5.74, 6) is -0.173. The summed E-state index contributed by atoms with van der Waals surface area (Å²) < 4.78 is 0. The monoisotopic (exact) mass is 235 g/mol. The maximum Gasteiger partial charge on any atom is 0.251 e. The molecule has 92 valence electrons. The third kappa shape index (κ3) is 2.97. The molecule has 0 spiro atoms.